The van der Waals surface area contributed by atoms with E-state index < -0.39 is 11.8 Å². The molecular weight excluding hydrogens is 308 g/mol. The van der Waals surface area contributed by atoms with Crippen molar-refractivity contribution in [3.8, 4) is 0 Å². The number of rotatable bonds is 5. The standard InChI is InChI=1S/C17H26N4O3/c1-18-16(22)17(23)19-12-15(21-8-10-24-11-9-21)13-4-6-14(7-5-13)20(2)3/h4-7,15H,8-12H2,1-3H3,(H,18,22)(H,19,23). The van der Waals surface area contributed by atoms with Crippen LogP contribution in [0.3, 0.4) is 0 Å². The van der Waals surface area contributed by atoms with E-state index >= 15 is 0 Å². The van der Waals surface area contributed by atoms with E-state index in [4.69, 9.17) is 4.74 Å². The molecule has 1 fully saturated rings. The van der Waals surface area contributed by atoms with Gasteiger partial charge in [-0.1, -0.05) is 12.1 Å². The van der Waals surface area contributed by atoms with Gasteiger partial charge >= 0.3 is 11.8 Å². The van der Waals surface area contributed by atoms with E-state index in [1.807, 2.05) is 19.0 Å². The first-order chi connectivity index (χ1) is 11.5. The van der Waals surface area contributed by atoms with Crippen LogP contribution in [0.25, 0.3) is 0 Å². The van der Waals surface area contributed by atoms with Crippen molar-refractivity contribution in [3.63, 3.8) is 0 Å². The van der Waals surface area contributed by atoms with E-state index in [1.165, 1.54) is 7.05 Å². The van der Waals surface area contributed by atoms with Gasteiger partial charge in [-0.25, -0.2) is 0 Å². The van der Waals surface area contributed by atoms with Gasteiger partial charge in [-0.2, -0.15) is 0 Å². The number of nitrogens with one attached hydrogen (secondary N) is 2. The number of carbonyl (C=O) groups excluding carboxylic acids is 2. The Morgan fingerprint density at radius 2 is 1.79 bits per heavy atom. The number of carbonyl (C=O) groups is 2. The van der Waals surface area contributed by atoms with Crippen LogP contribution in [0.4, 0.5) is 5.69 Å². The van der Waals surface area contributed by atoms with E-state index in [0.717, 1.165) is 24.3 Å². The van der Waals surface area contributed by atoms with Gasteiger partial charge in [-0.3, -0.25) is 14.5 Å². The number of likely N-dealkylation sites (N-methyl/N-ethyl adjacent to an activating group) is 1. The quantitative estimate of drug-likeness (QED) is 0.741. The fraction of sp³-hybridized carbons (Fsp3) is 0.529. The first kappa shape index (κ1) is 18.2. The van der Waals surface area contributed by atoms with E-state index in [1.54, 1.807) is 0 Å². The summed E-state index contributed by atoms with van der Waals surface area (Å²) in [6.07, 6.45) is 0. The molecule has 0 spiro atoms. The first-order valence-corrected chi connectivity index (χ1v) is 8.12. The van der Waals surface area contributed by atoms with E-state index in [2.05, 4.69) is 39.8 Å². The highest BCUT2D eigenvalue weighted by Gasteiger charge is 2.24. The number of hydrogen-bond acceptors (Lipinski definition) is 5. The van der Waals surface area contributed by atoms with Crippen molar-refractivity contribution in [2.24, 2.45) is 0 Å². The predicted molar refractivity (Wildman–Crippen MR) is 93.0 cm³/mol. The van der Waals surface area contributed by atoms with Crippen molar-refractivity contribution in [1.29, 1.82) is 0 Å². The molecule has 24 heavy (non-hydrogen) atoms. The maximum absolute atomic E-state index is 11.8. The largest absolute Gasteiger partial charge is 0.379 e. The molecule has 1 aromatic rings. The minimum Gasteiger partial charge on any atom is -0.379 e. The third-order valence-electron chi connectivity index (χ3n) is 4.17. The van der Waals surface area contributed by atoms with Crippen LogP contribution in [0.2, 0.25) is 0 Å². The highest BCUT2D eigenvalue weighted by atomic mass is 16.5. The third kappa shape index (κ3) is 4.69. The molecule has 2 amide bonds. The minimum atomic E-state index is -0.626. The van der Waals surface area contributed by atoms with Crippen molar-refractivity contribution in [2.45, 2.75) is 6.04 Å². The number of morpholine rings is 1. The summed E-state index contributed by atoms with van der Waals surface area (Å²) in [4.78, 5) is 27.5. The molecular formula is C17H26N4O3. The molecule has 1 aromatic carbocycles. The van der Waals surface area contributed by atoms with Gasteiger partial charge in [0.1, 0.15) is 0 Å². The van der Waals surface area contributed by atoms with Crippen LogP contribution in [-0.2, 0) is 14.3 Å². The molecule has 0 saturated carbocycles. The van der Waals surface area contributed by atoms with Crippen LogP contribution in [-0.4, -0.2) is 70.7 Å². The van der Waals surface area contributed by atoms with Gasteiger partial charge in [-0.15, -0.1) is 0 Å². The third-order valence-corrected chi connectivity index (χ3v) is 4.17. The molecule has 132 valence electrons. The van der Waals surface area contributed by atoms with Crippen LogP contribution in [0, 0.1) is 0 Å². The lowest BCUT2D eigenvalue weighted by Gasteiger charge is -2.35. The molecule has 7 nitrogen and oxygen atoms in total. The summed E-state index contributed by atoms with van der Waals surface area (Å²) in [5.74, 6) is -1.24. The Kier molecular flexibility index (Phi) is 6.57. The molecule has 1 unspecified atom stereocenters. The molecule has 1 atom stereocenters. The lowest BCUT2D eigenvalue weighted by Crippen LogP contribution is -2.46. The average Bonchev–Trinajstić information content (AvgIpc) is 2.62. The highest BCUT2D eigenvalue weighted by molar-refractivity contribution is 6.35. The molecule has 0 bridgehead atoms. The van der Waals surface area contributed by atoms with Gasteiger partial charge in [0.25, 0.3) is 0 Å². The molecule has 0 aliphatic carbocycles. The van der Waals surface area contributed by atoms with Gasteiger partial charge in [0.2, 0.25) is 0 Å². The number of ether oxygens (including phenoxy) is 1. The number of hydrogen-bond donors (Lipinski definition) is 2. The monoisotopic (exact) mass is 334 g/mol. The zero-order valence-electron chi connectivity index (χ0n) is 14.5. The van der Waals surface area contributed by atoms with Crippen LogP contribution < -0.4 is 15.5 Å². The molecule has 7 heteroatoms. The number of anilines is 1. The second kappa shape index (κ2) is 8.65. The topological polar surface area (TPSA) is 73.9 Å². The van der Waals surface area contributed by atoms with Crippen LogP contribution in [0.5, 0.6) is 0 Å². The lowest BCUT2D eigenvalue weighted by molar-refractivity contribution is -0.139. The molecule has 0 radical (unpaired) electrons. The zero-order chi connectivity index (χ0) is 17.5. The van der Waals surface area contributed by atoms with Gasteiger partial charge < -0.3 is 20.3 Å². The van der Waals surface area contributed by atoms with E-state index in [9.17, 15) is 9.59 Å². The average molecular weight is 334 g/mol. The fourth-order valence-corrected chi connectivity index (χ4v) is 2.72. The number of nitrogens with zero attached hydrogens (tertiary/aromatic N) is 2. The zero-order valence-corrected chi connectivity index (χ0v) is 14.5. The Labute approximate surface area is 142 Å². The lowest BCUT2D eigenvalue weighted by atomic mass is 10.0. The normalized spacial score (nSPS) is 16.3. The van der Waals surface area contributed by atoms with Crippen molar-refractivity contribution >= 4 is 17.5 Å². The molecule has 1 saturated heterocycles. The first-order valence-electron chi connectivity index (χ1n) is 8.12. The maximum Gasteiger partial charge on any atom is 0.309 e. The van der Waals surface area contributed by atoms with Crippen LogP contribution in [0.15, 0.2) is 24.3 Å². The van der Waals surface area contributed by atoms with Crippen molar-refractivity contribution in [1.82, 2.24) is 15.5 Å². The summed E-state index contributed by atoms with van der Waals surface area (Å²) in [7, 11) is 5.44. The molecule has 2 N–H and O–H groups in total. The van der Waals surface area contributed by atoms with Gasteiger partial charge in [0, 0.05) is 46.5 Å². The van der Waals surface area contributed by atoms with Gasteiger partial charge in [0.15, 0.2) is 0 Å². The summed E-state index contributed by atoms with van der Waals surface area (Å²) in [5, 5.41) is 5.06. The summed E-state index contributed by atoms with van der Waals surface area (Å²) < 4.78 is 5.42. The van der Waals surface area contributed by atoms with E-state index in [0.29, 0.717) is 19.8 Å². The van der Waals surface area contributed by atoms with Crippen LogP contribution in [0.1, 0.15) is 11.6 Å². The maximum atomic E-state index is 11.8. The second-order valence-corrected chi connectivity index (χ2v) is 5.94. The Morgan fingerprint density at radius 3 is 2.33 bits per heavy atom. The van der Waals surface area contributed by atoms with Crippen molar-refractivity contribution < 1.29 is 14.3 Å². The molecule has 1 aliphatic heterocycles. The molecule has 0 aromatic heterocycles. The molecule has 1 heterocycles. The van der Waals surface area contributed by atoms with Gasteiger partial charge in [-0.05, 0) is 17.7 Å². The molecule has 2 rings (SSSR count). The van der Waals surface area contributed by atoms with E-state index in [-0.39, 0.29) is 6.04 Å². The highest BCUT2D eigenvalue weighted by Crippen LogP contribution is 2.23. The Balaban J connectivity index is 2.12. The second-order valence-electron chi connectivity index (χ2n) is 5.94. The Hall–Kier alpha value is -2.12. The molecule has 1 aliphatic rings. The van der Waals surface area contributed by atoms with Crippen LogP contribution >= 0.6 is 0 Å². The SMILES string of the molecule is CNC(=O)C(=O)NCC(c1ccc(N(C)C)cc1)N1CCOCC1. The summed E-state index contributed by atoms with van der Waals surface area (Å²) in [6.45, 7) is 3.34. The summed E-state index contributed by atoms with van der Waals surface area (Å²) >= 11 is 0. The van der Waals surface area contributed by atoms with Crippen molar-refractivity contribution in [2.75, 3.05) is 58.9 Å². The smallest absolute Gasteiger partial charge is 0.309 e. The fourth-order valence-electron chi connectivity index (χ4n) is 2.72. The predicted octanol–water partition coefficient (Wildman–Crippen LogP) is -0.0119. The Morgan fingerprint density at radius 1 is 1.17 bits per heavy atom. The van der Waals surface area contributed by atoms with Gasteiger partial charge in [0.05, 0.1) is 19.3 Å². The summed E-state index contributed by atoms with van der Waals surface area (Å²) in [6, 6.07) is 8.27. The Bertz CT molecular complexity index is 553. The number of benzene rings is 1. The minimum absolute atomic E-state index is 0.0127. The summed E-state index contributed by atoms with van der Waals surface area (Å²) in [5.41, 5.74) is 2.23. The van der Waals surface area contributed by atoms with Crippen molar-refractivity contribution in [3.05, 3.63) is 29.8 Å². The number of amides is 2.